The maximum Gasteiger partial charge on any atom is 0.186 e. The fourth-order valence-electron chi connectivity index (χ4n) is 1.24. The molecule has 0 aromatic heterocycles. The van der Waals surface area contributed by atoms with Crippen LogP contribution in [0.2, 0.25) is 0 Å². The standard InChI is InChI=1S/C10H6O2.CH5N/c11-9-5-6-10(12)8-4-2-1-3-7(8)9;1-2/h1-6H;2H2,1H3. The third-order valence-corrected chi connectivity index (χ3v) is 1.84. The topological polar surface area (TPSA) is 60.2 Å². The van der Waals surface area contributed by atoms with Gasteiger partial charge in [0.15, 0.2) is 11.6 Å². The highest BCUT2D eigenvalue weighted by molar-refractivity contribution is 6.21. The van der Waals surface area contributed by atoms with Gasteiger partial charge >= 0.3 is 0 Å². The molecule has 1 aliphatic rings. The number of carbonyl (C=O) groups is 2. The smallest absolute Gasteiger partial charge is 0.186 e. The number of hydrogen-bond acceptors (Lipinski definition) is 3. The summed E-state index contributed by atoms with van der Waals surface area (Å²) in [7, 11) is 1.50. The summed E-state index contributed by atoms with van der Waals surface area (Å²) in [6.45, 7) is 0. The lowest BCUT2D eigenvalue weighted by Gasteiger charge is -2.06. The van der Waals surface area contributed by atoms with E-state index < -0.39 is 0 Å². The van der Waals surface area contributed by atoms with E-state index in [0.717, 1.165) is 0 Å². The highest BCUT2D eigenvalue weighted by Gasteiger charge is 2.16. The predicted octanol–water partition coefficient (Wildman–Crippen LogP) is 1.20. The second-order valence-corrected chi connectivity index (χ2v) is 2.61. The zero-order chi connectivity index (χ0) is 10.6. The van der Waals surface area contributed by atoms with Crippen LogP contribution in [0.15, 0.2) is 36.4 Å². The Bertz CT molecular complexity index is 357. The summed E-state index contributed by atoms with van der Waals surface area (Å²) < 4.78 is 0. The van der Waals surface area contributed by atoms with Gasteiger partial charge in [-0.15, -0.1) is 0 Å². The van der Waals surface area contributed by atoms with Gasteiger partial charge in [0.2, 0.25) is 0 Å². The number of hydrogen-bond donors (Lipinski definition) is 1. The van der Waals surface area contributed by atoms with Crippen LogP contribution in [-0.2, 0) is 0 Å². The molecule has 72 valence electrons. The van der Waals surface area contributed by atoms with Crippen molar-refractivity contribution < 1.29 is 9.59 Å². The summed E-state index contributed by atoms with van der Waals surface area (Å²) in [5, 5.41) is 0. The first-order valence-electron chi connectivity index (χ1n) is 4.22. The largest absolute Gasteiger partial charge is 0.333 e. The van der Waals surface area contributed by atoms with Crippen molar-refractivity contribution in [3.05, 3.63) is 47.5 Å². The van der Waals surface area contributed by atoms with E-state index in [9.17, 15) is 9.59 Å². The molecule has 1 aliphatic carbocycles. The average Bonchev–Trinajstić information content (AvgIpc) is 2.27. The Hall–Kier alpha value is -1.74. The number of benzene rings is 1. The molecular weight excluding hydrogens is 178 g/mol. The molecular formula is C11H11NO2. The zero-order valence-electron chi connectivity index (χ0n) is 7.86. The zero-order valence-corrected chi connectivity index (χ0v) is 7.86. The van der Waals surface area contributed by atoms with Crippen molar-refractivity contribution in [1.29, 1.82) is 0 Å². The molecule has 3 nitrogen and oxygen atoms in total. The van der Waals surface area contributed by atoms with Crippen molar-refractivity contribution in [1.82, 2.24) is 0 Å². The molecule has 0 radical (unpaired) electrons. The van der Waals surface area contributed by atoms with Gasteiger partial charge in [-0.05, 0) is 19.2 Å². The van der Waals surface area contributed by atoms with Crippen LogP contribution in [0, 0.1) is 0 Å². The Labute approximate surface area is 82.2 Å². The fourth-order valence-corrected chi connectivity index (χ4v) is 1.24. The van der Waals surface area contributed by atoms with Crippen molar-refractivity contribution in [3.63, 3.8) is 0 Å². The van der Waals surface area contributed by atoms with Crippen LogP contribution in [0.3, 0.4) is 0 Å². The van der Waals surface area contributed by atoms with Gasteiger partial charge in [-0.25, -0.2) is 0 Å². The first-order valence-corrected chi connectivity index (χ1v) is 4.22. The van der Waals surface area contributed by atoms with Crippen LogP contribution >= 0.6 is 0 Å². The summed E-state index contributed by atoms with van der Waals surface area (Å²) in [5.41, 5.74) is 5.51. The molecule has 2 N–H and O–H groups in total. The Morgan fingerprint density at radius 2 is 1.21 bits per heavy atom. The minimum atomic E-state index is -0.0924. The number of allylic oxidation sites excluding steroid dienone is 2. The first-order chi connectivity index (χ1) is 6.79. The lowest BCUT2D eigenvalue weighted by Crippen LogP contribution is -2.10. The number of nitrogens with two attached hydrogens (primary N) is 1. The van der Waals surface area contributed by atoms with Gasteiger partial charge in [0, 0.05) is 11.1 Å². The normalized spacial score (nSPS) is 13.0. The van der Waals surface area contributed by atoms with E-state index in [1.807, 2.05) is 0 Å². The maximum absolute atomic E-state index is 11.2. The monoisotopic (exact) mass is 189 g/mol. The fraction of sp³-hybridized carbons (Fsp3) is 0.0909. The highest BCUT2D eigenvalue weighted by Crippen LogP contribution is 2.15. The first kappa shape index (κ1) is 10.3. The summed E-state index contributed by atoms with van der Waals surface area (Å²) in [6, 6.07) is 6.84. The Balaban J connectivity index is 0.000000461. The maximum atomic E-state index is 11.2. The summed E-state index contributed by atoms with van der Waals surface area (Å²) in [4.78, 5) is 22.4. The van der Waals surface area contributed by atoms with E-state index in [-0.39, 0.29) is 11.6 Å². The molecule has 0 unspecified atom stereocenters. The lowest BCUT2D eigenvalue weighted by atomic mass is 9.95. The van der Waals surface area contributed by atoms with Gasteiger partial charge in [0.1, 0.15) is 0 Å². The van der Waals surface area contributed by atoms with Crippen LogP contribution in [0.1, 0.15) is 20.7 Å². The van der Waals surface area contributed by atoms with Gasteiger partial charge < -0.3 is 5.73 Å². The van der Waals surface area contributed by atoms with Gasteiger partial charge in [0.25, 0.3) is 0 Å². The molecule has 0 fully saturated rings. The molecule has 2 rings (SSSR count). The van der Waals surface area contributed by atoms with E-state index in [2.05, 4.69) is 5.73 Å². The summed E-state index contributed by atoms with van der Waals surface area (Å²) in [6.07, 6.45) is 2.62. The van der Waals surface area contributed by atoms with Gasteiger partial charge in [-0.3, -0.25) is 9.59 Å². The Morgan fingerprint density at radius 1 is 0.857 bits per heavy atom. The van der Waals surface area contributed by atoms with Crippen molar-refractivity contribution in [3.8, 4) is 0 Å². The van der Waals surface area contributed by atoms with E-state index >= 15 is 0 Å². The molecule has 0 heterocycles. The van der Waals surface area contributed by atoms with Crippen LogP contribution < -0.4 is 5.73 Å². The van der Waals surface area contributed by atoms with E-state index in [1.54, 1.807) is 24.3 Å². The van der Waals surface area contributed by atoms with Gasteiger partial charge in [-0.2, -0.15) is 0 Å². The van der Waals surface area contributed by atoms with Crippen LogP contribution in [0.4, 0.5) is 0 Å². The van der Waals surface area contributed by atoms with Crippen molar-refractivity contribution in [2.45, 2.75) is 0 Å². The lowest BCUT2D eigenvalue weighted by molar-refractivity contribution is 0.0994. The third-order valence-electron chi connectivity index (χ3n) is 1.84. The highest BCUT2D eigenvalue weighted by atomic mass is 16.1. The number of fused-ring (bicyclic) bond motifs is 1. The molecule has 0 saturated heterocycles. The molecule has 0 bridgehead atoms. The SMILES string of the molecule is CN.O=C1C=CC(=O)c2ccccc21. The van der Waals surface area contributed by atoms with Crippen LogP contribution in [0.25, 0.3) is 0 Å². The molecule has 0 spiro atoms. The average molecular weight is 189 g/mol. The quantitative estimate of drug-likeness (QED) is 0.667. The molecule has 1 aromatic rings. The minimum Gasteiger partial charge on any atom is -0.333 e. The molecule has 14 heavy (non-hydrogen) atoms. The second-order valence-electron chi connectivity index (χ2n) is 2.61. The molecule has 3 heteroatoms. The summed E-state index contributed by atoms with van der Waals surface area (Å²) >= 11 is 0. The molecule has 1 aromatic carbocycles. The molecule has 0 saturated carbocycles. The van der Waals surface area contributed by atoms with Crippen LogP contribution in [0.5, 0.6) is 0 Å². The second kappa shape index (κ2) is 4.48. The van der Waals surface area contributed by atoms with Crippen molar-refractivity contribution in [2.75, 3.05) is 7.05 Å². The van der Waals surface area contributed by atoms with Crippen molar-refractivity contribution >= 4 is 11.6 Å². The van der Waals surface area contributed by atoms with E-state index in [0.29, 0.717) is 11.1 Å². The van der Waals surface area contributed by atoms with E-state index in [1.165, 1.54) is 19.2 Å². The molecule has 0 aliphatic heterocycles. The Morgan fingerprint density at radius 3 is 1.57 bits per heavy atom. The predicted molar refractivity (Wildman–Crippen MR) is 54.4 cm³/mol. The van der Waals surface area contributed by atoms with Gasteiger partial charge in [-0.1, -0.05) is 24.3 Å². The van der Waals surface area contributed by atoms with E-state index in [4.69, 9.17) is 0 Å². The van der Waals surface area contributed by atoms with Crippen molar-refractivity contribution in [2.24, 2.45) is 5.73 Å². The Kier molecular flexibility index (Phi) is 3.31. The number of carbonyl (C=O) groups excluding carboxylic acids is 2. The van der Waals surface area contributed by atoms with Gasteiger partial charge in [0.05, 0.1) is 0 Å². The number of ketones is 2. The third kappa shape index (κ3) is 1.78. The minimum absolute atomic E-state index is 0.0924. The molecule has 0 amide bonds. The number of rotatable bonds is 0. The van der Waals surface area contributed by atoms with Crippen LogP contribution in [-0.4, -0.2) is 18.6 Å². The summed E-state index contributed by atoms with van der Waals surface area (Å²) in [5.74, 6) is -0.185. The molecule has 0 atom stereocenters.